The monoisotopic (exact) mass is 255 g/mol. The summed E-state index contributed by atoms with van der Waals surface area (Å²) >= 11 is 0. The molecule has 0 bridgehead atoms. The van der Waals surface area contributed by atoms with Crippen LogP contribution in [0.4, 0.5) is 5.69 Å². The molecule has 1 aromatic heterocycles. The number of benzene rings is 1. The molecule has 1 aromatic carbocycles. The minimum Gasteiger partial charge on any atom is -0.487 e. The predicted octanol–water partition coefficient (Wildman–Crippen LogP) is 2.57. The zero-order chi connectivity index (χ0) is 13.2. The number of aryl methyl sites for hydroxylation is 1. The lowest BCUT2D eigenvalue weighted by Gasteiger charge is -2.35. The standard InChI is InChI=1S/C15H17N3O/c1-11-3-4-14-15(5-11)19-12(2)8-18(14)9-13-6-16-10-17-7-13/h3-7,10,12H,8-9H2,1-2H3/t12-/m1/s1. The molecule has 4 nitrogen and oxygen atoms in total. The molecule has 2 aromatic rings. The zero-order valence-electron chi connectivity index (χ0n) is 11.2. The van der Waals surface area contributed by atoms with Gasteiger partial charge in [0.05, 0.1) is 12.2 Å². The molecule has 0 N–H and O–H groups in total. The molecule has 0 saturated carbocycles. The summed E-state index contributed by atoms with van der Waals surface area (Å²) in [4.78, 5) is 10.5. The quantitative estimate of drug-likeness (QED) is 0.826. The largest absolute Gasteiger partial charge is 0.487 e. The van der Waals surface area contributed by atoms with Crippen molar-refractivity contribution in [2.24, 2.45) is 0 Å². The van der Waals surface area contributed by atoms with Crippen LogP contribution in [0.2, 0.25) is 0 Å². The number of hydrogen-bond donors (Lipinski definition) is 0. The minimum absolute atomic E-state index is 0.193. The van der Waals surface area contributed by atoms with Crippen LogP contribution in [-0.4, -0.2) is 22.6 Å². The van der Waals surface area contributed by atoms with Gasteiger partial charge in [0.2, 0.25) is 0 Å². The molecular weight excluding hydrogens is 238 g/mol. The van der Waals surface area contributed by atoms with Crippen LogP contribution >= 0.6 is 0 Å². The van der Waals surface area contributed by atoms with Crippen molar-refractivity contribution < 1.29 is 4.74 Å². The second-order valence-electron chi connectivity index (χ2n) is 5.03. The van der Waals surface area contributed by atoms with Crippen molar-refractivity contribution >= 4 is 5.69 Å². The fourth-order valence-electron chi connectivity index (χ4n) is 2.42. The molecule has 1 aliphatic rings. The molecule has 98 valence electrons. The molecule has 2 heterocycles. The lowest BCUT2D eigenvalue weighted by atomic mass is 10.1. The minimum atomic E-state index is 0.193. The third-order valence-corrected chi connectivity index (χ3v) is 3.25. The number of hydrogen-bond acceptors (Lipinski definition) is 4. The Morgan fingerprint density at radius 1 is 1.32 bits per heavy atom. The van der Waals surface area contributed by atoms with E-state index < -0.39 is 0 Å². The highest BCUT2D eigenvalue weighted by Gasteiger charge is 2.22. The smallest absolute Gasteiger partial charge is 0.143 e. The van der Waals surface area contributed by atoms with E-state index in [2.05, 4.69) is 46.9 Å². The third-order valence-electron chi connectivity index (χ3n) is 3.25. The Hall–Kier alpha value is -2.10. The second-order valence-corrected chi connectivity index (χ2v) is 5.03. The maximum atomic E-state index is 5.91. The van der Waals surface area contributed by atoms with Crippen LogP contribution in [0.1, 0.15) is 18.1 Å². The van der Waals surface area contributed by atoms with Crippen molar-refractivity contribution in [1.82, 2.24) is 9.97 Å². The Morgan fingerprint density at radius 2 is 2.11 bits per heavy atom. The van der Waals surface area contributed by atoms with Gasteiger partial charge in [-0.05, 0) is 31.5 Å². The molecule has 0 saturated heterocycles. The first-order chi connectivity index (χ1) is 9.22. The third kappa shape index (κ3) is 2.52. The average Bonchev–Trinajstić information content (AvgIpc) is 2.39. The second kappa shape index (κ2) is 4.88. The molecular formula is C15H17N3O. The fraction of sp³-hybridized carbons (Fsp3) is 0.333. The lowest BCUT2D eigenvalue weighted by Crippen LogP contribution is -2.38. The summed E-state index contributed by atoms with van der Waals surface area (Å²) in [6.45, 7) is 5.87. The van der Waals surface area contributed by atoms with Crippen LogP contribution in [0.3, 0.4) is 0 Å². The molecule has 0 unspecified atom stereocenters. The van der Waals surface area contributed by atoms with E-state index in [1.807, 2.05) is 12.4 Å². The molecule has 0 fully saturated rings. The Balaban J connectivity index is 1.91. The molecule has 0 spiro atoms. The van der Waals surface area contributed by atoms with Crippen LogP contribution in [0, 0.1) is 6.92 Å². The van der Waals surface area contributed by atoms with Gasteiger partial charge in [0.1, 0.15) is 18.2 Å². The number of fused-ring (bicyclic) bond motifs is 1. The van der Waals surface area contributed by atoms with E-state index in [0.29, 0.717) is 0 Å². The van der Waals surface area contributed by atoms with Gasteiger partial charge in [-0.25, -0.2) is 9.97 Å². The van der Waals surface area contributed by atoms with Crippen molar-refractivity contribution in [2.45, 2.75) is 26.5 Å². The SMILES string of the molecule is Cc1ccc2c(c1)O[C@H](C)CN2Cc1cncnc1. The summed E-state index contributed by atoms with van der Waals surface area (Å²) in [5.41, 5.74) is 3.48. The van der Waals surface area contributed by atoms with E-state index in [-0.39, 0.29) is 6.10 Å². The number of anilines is 1. The summed E-state index contributed by atoms with van der Waals surface area (Å²) in [6.07, 6.45) is 5.48. The van der Waals surface area contributed by atoms with Gasteiger partial charge in [-0.15, -0.1) is 0 Å². The average molecular weight is 255 g/mol. The predicted molar refractivity (Wildman–Crippen MR) is 74.4 cm³/mol. The van der Waals surface area contributed by atoms with Crippen molar-refractivity contribution in [2.75, 3.05) is 11.4 Å². The Morgan fingerprint density at radius 3 is 2.89 bits per heavy atom. The highest BCUT2D eigenvalue weighted by Crippen LogP contribution is 2.34. The first-order valence-electron chi connectivity index (χ1n) is 6.48. The van der Waals surface area contributed by atoms with Gasteiger partial charge >= 0.3 is 0 Å². The molecule has 1 aliphatic heterocycles. The maximum Gasteiger partial charge on any atom is 0.143 e. The Bertz CT molecular complexity index is 571. The number of ether oxygens (including phenoxy) is 1. The summed E-state index contributed by atoms with van der Waals surface area (Å²) in [7, 11) is 0. The van der Waals surface area contributed by atoms with Gasteiger partial charge in [-0.3, -0.25) is 0 Å². The van der Waals surface area contributed by atoms with E-state index in [4.69, 9.17) is 4.74 Å². The maximum absolute atomic E-state index is 5.91. The number of rotatable bonds is 2. The van der Waals surface area contributed by atoms with Crippen LogP contribution in [-0.2, 0) is 6.54 Å². The fourth-order valence-corrected chi connectivity index (χ4v) is 2.42. The van der Waals surface area contributed by atoms with Crippen molar-refractivity contribution in [3.05, 3.63) is 48.0 Å². The number of aromatic nitrogens is 2. The summed E-state index contributed by atoms with van der Waals surface area (Å²) in [5, 5.41) is 0. The van der Waals surface area contributed by atoms with Crippen LogP contribution in [0.15, 0.2) is 36.9 Å². The Kier molecular flexibility index (Phi) is 3.07. The normalized spacial score (nSPS) is 17.8. The zero-order valence-corrected chi connectivity index (χ0v) is 11.2. The topological polar surface area (TPSA) is 38.2 Å². The molecule has 4 heteroatoms. The molecule has 0 radical (unpaired) electrons. The van der Waals surface area contributed by atoms with Gasteiger partial charge in [-0.1, -0.05) is 6.07 Å². The van der Waals surface area contributed by atoms with Gasteiger partial charge in [0.15, 0.2) is 0 Å². The number of nitrogens with zero attached hydrogens (tertiary/aromatic N) is 3. The summed E-state index contributed by atoms with van der Waals surface area (Å²) in [5.74, 6) is 0.968. The first-order valence-corrected chi connectivity index (χ1v) is 6.48. The molecule has 0 aliphatic carbocycles. The molecule has 0 amide bonds. The van der Waals surface area contributed by atoms with E-state index in [0.717, 1.165) is 30.1 Å². The van der Waals surface area contributed by atoms with Crippen molar-refractivity contribution in [3.8, 4) is 5.75 Å². The highest BCUT2D eigenvalue weighted by molar-refractivity contribution is 5.61. The van der Waals surface area contributed by atoms with Gasteiger partial charge < -0.3 is 9.64 Å². The van der Waals surface area contributed by atoms with Crippen LogP contribution in [0.25, 0.3) is 0 Å². The van der Waals surface area contributed by atoms with E-state index in [1.54, 1.807) is 6.33 Å². The molecule has 19 heavy (non-hydrogen) atoms. The Labute approximate surface area is 113 Å². The lowest BCUT2D eigenvalue weighted by molar-refractivity contribution is 0.212. The molecule has 3 rings (SSSR count). The van der Waals surface area contributed by atoms with Gasteiger partial charge in [0.25, 0.3) is 0 Å². The molecule has 1 atom stereocenters. The van der Waals surface area contributed by atoms with Gasteiger partial charge in [0, 0.05) is 24.5 Å². The van der Waals surface area contributed by atoms with Crippen molar-refractivity contribution in [1.29, 1.82) is 0 Å². The first kappa shape index (κ1) is 12.0. The van der Waals surface area contributed by atoms with E-state index in [1.165, 1.54) is 5.56 Å². The summed E-state index contributed by atoms with van der Waals surface area (Å²) < 4.78 is 5.91. The van der Waals surface area contributed by atoms with Crippen LogP contribution < -0.4 is 9.64 Å². The van der Waals surface area contributed by atoms with Crippen molar-refractivity contribution in [3.63, 3.8) is 0 Å². The van der Waals surface area contributed by atoms with Crippen LogP contribution in [0.5, 0.6) is 5.75 Å². The summed E-state index contributed by atoms with van der Waals surface area (Å²) in [6, 6.07) is 6.34. The van der Waals surface area contributed by atoms with Gasteiger partial charge in [-0.2, -0.15) is 0 Å². The van der Waals surface area contributed by atoms with E-state index in [9.17, 15) is 0 Å². The van der Waals surface area contributed by atoms with E-state index >= 15 is 0 Å². The highest BCUT2D eigenvalue weighted by atomic mass is 16.5.